The number of ether oxygens (including phenoxy) is 1. The Morgan fingerprint density at radius 3 is 2.60 bits per heavy atom. The molecule has 0 unspecified atom stereocenters. The lowest BCUT2D eigenvalue weighted by Gasteiger charge is -2.35. The zero-order valence-electron chi connectivity index (χ0n) is 17.6. The van der Waals surface area contributed by atoms with Crippen molar-refractivity contribution in [3.63, 3.8) is 0 Å². The molecule has 1 aromatic carbocycles. The summed E-state index contributed by atoms with van der Waals surface area (Å²) >= 11 is 0. The van der Waals surface area contributed by atoms with Crippen LogP contribution in [0.3, 0.4) is 0 Å². The van der Waals surface area contributed by atoms with Crippen LogP contribution in [0.2, 0.25) is 0 Å². The molecular weight excluding hydrogens is 382 g/mol. The third kappa shape index (κ3) is 5.85. The average Bonchev–Trinajstić information content (AvgIpc) is 2.76. The standard InChI is InChI=1S/C22H29N5O3/c1-3-30-18-7-8-19(17(2)16-18)25-22(29)24-11-9-21(28)27-14-12-26(13-15-27)20-6-4-5-10-23-20/h4-8,10,16H,3,9,11-15H2,1-2H3,(H2,24,25,29). The Morgan fingerprint density at radius 1 is 1.13 bits per heavy atom. The van der Waals surface area contributed by atoms with Gasteiger partial charge in [0.25, 0.3) is 0 Å². The van der Waals surface area contributed by atoms with E-state index < -0.39 is 0 Å². The van der Waals surface area contributed by atoms with E-state index in [-0.39, 0.29) is 18.4 Å². The van der Waals surface area contributed by atoms with Gasteiger partial charge in [0.05, 0.1) is 6.61 Å². The second kappa shape index (κ2) is 10.5. The van der Waals surface area contributed by atoms with Gasteiger partial charge in [-0.1, -0.05) is 6.07 Å². The summed E-state index contributed by atoms with van der Waals surface area (Å²) in [6.45, 7) is 7.56. The number of hydrogen-bond donors (Lipinski definition) is 2. The zero-order valence-corrected chi connectivity index (χ0v) is 17.6. The van der Waals surface area contributed by atoms with Gasteiger partial charge in [-0.05, 0) is 49.7 Å². The van der Waals surface area contributed by atoms with Crippen LogP contribution < -0.4 is 20.3 Å². The van der Waals surface area contributed by atoms with Crippen molar-refractivity contribution in [1.29, 1.82) is 0 Å². The molecule has 3 rings (SSSR count). The fraction of sp³-hybridized carbons (Fsp3) is 0.409. The van der Waals surface area contributed by atoms with Gasteiger partial charge in [-0.2, -0.15) is 0 Å². The smallest absolute Gasteiger partial charge is 0.319 e. The van der Waals surface area contributed by atoms with Gasteiger partial charge in [0.15, 0.2) is 0 Å². The SMILES string of the molecule is CCOc1ccc(NC(=O)NCCC(=O)N2CCN(c3ccccn3)CC2)c(C)c1. The molecule has 1 fully saturated rings. The number of piperazine rings is 1. The molecular formula is C22H29N5O3. The molecule has 1 aromatic heterocycles. The Bertz CT molecular complexity index is 851. The fourth-order valence-electron chi connectivity index (χ4n) is 3.37. The molecule has 1 aliphatic heterocycles. The molecule has 2 N–H and O–H groups in total. The number of anilines is 2. The topological polar surface area (TPSA) is 86.8 Å². The quantitative estimate of drug-likeness (QED) is 0.732. The Labute approximate surface area is 177 Å². The van der Waals surface area contributed by atoms with Crippen LogP contribution in [0, 0.1) is 6.92 Å². The van der Waals surface area contributed by atoms with Crippen molar-refractivity contribution >= 4 is 23.4 Å². The van der Waals surface area contributed by atoms with Crippen LogP contribution >= 0.6 is 0 Å². The number of carbonyl (C=O) groups is 2. The van der Waals surface area contributed by atoms with Gasteiger partial charge in [-0.15, -0.1) is 0 Å². The molecule has 30 heavy (non-hydrogen) atoms. The van der Waals surface area contributed by atoms with Crippen LogP contribution in [0.25, 0.3) is 0 Å². The Balaban J connectivity index is 1.38. The molecule has 2 aromatic rings. The largest absolute Gasteiger partial charge is 0.494 e. The first-order chi connectivity index (χ1) is 14.6. The number of nitrogens with zero attached hydrogens (tertiary/aromatic N) is 3. The number of amides is 3. The van der Waals surface area contributed by atoms with Crippen LogP contribution in [0.4, 0.5) is 16.3 Å². The summed E-state index contributed by atoms with van der Waals surface area (Å²) in [5.41, 5.74) is 1.63. The number of nitrogens with one attached hydrogen (secondary N) is 2. The van der Waals surface area contributed by atoms with Gasteiger partial charge < -0.3 is 25.2 Å². The van der Waals surface area contributed by atoms with E-state index in [2.05, 4.69) is 20.5 Å². The molecule has 8 nitrogen and oxygen atoms in total. The minimum absolute atomic E-state index is 0.0493. The second-order valence-corrected chi connectivity index (χ2v) is 7.10. The van der Waals surface area contributed by atoms with Crippen LogP contribution in [0.15, 0.2) is 42.6 Å². The number of aromatic nitrogens is 1. The van der Waals surface area contributed by atoms with E-state index in [0.717, 1.165) is 30.2 Å². The van der Waals surface area contributed by atoms with Crippen molar-refractivity contribution in [2.45, 2.75) is 20.3 Å². The molecule has 8 heteroatoms. The van der Waals surface area contributed by atoms with E-state index in [1.807, 2.05) is 55.1 Å². The van der Waals surface area contributed by atoms with Crippen molar-refractivity contribution in [3.05, 3.63) is 48.2 Å². The number of rotatable bonds is 7. The summed E-state index contributed by atoms with van der Waals surface area (Å²) in [6.07, 6.45) is 2.05. The van der Waals surface area contributed by atoms with Crippen LogP contribution in [0.1, 0.15) is 18.9 Å². The lowest BCUT2D eigenvalue weighted by atomic mass is 10.2. The molecule has 1 saturated heterocycles. The molecule has 0 saturated carbocycles. The highest BCUT2D eigenvalue weighted by Crippen LogP contribution is 2.21. The predicted octanol–water partition coefficient (Wildman–Crippen LogP) is 2.65. The maximum atomic E-state index is 12.4. The van der Waals surface area contributed by atoms with Gasteiger partial charge in [-0.3, -0.25) is 4.79 Å². The highest BCUT2D eigenvalue weighted by molar-refractivity contribution is 5.90. The molecule has 0 aliphatic carbocycles. The third-order valence-corrected chi connectivity index (χ3v) is 4.99. The van der Waals surface area contributed by atoms with E-state index in [4.69, 9.17) is 4.74 Å². The summed E-state index contributed by atoms with van der Waals surface area (Å²) < 4.78 is 5.45. The summed E-state index contributed by atoms with van der Waals surface area (Å²) in [5.74, 6) is 1.76. The molecule has 1 aliphatic rings. The van der Waals surface area contributed by atoms with Gasteiger partial charge in [-0.25, -0.2) is 9.78 Å². The number of pyridine rings is 1. The summed E-state index contributed by atoms with van der Waals surface area (Å²) in [5, 5.41) is 5.57. The minimum Gasteiger partial charge on any atom is -0.494 e. The molecule has 0 bridgehead atoms. The van der Waals surface area contributed by atoms with E-state index in [1.54, 1.807) is 6.20 Å². The number of aryl methyl sites for hydroxylation is 1. The Hall–Kier alpha value is -3.29. The monoisotopic (exact) mass is 411 g/mol. The summed E-state index contributed by atoms with van der Waals surface area (Å²) in [4.78, 5) is 33.0. The first-order valence-electron chi connectivity index (χ1n) is 10.3. The lowest BCUT2D eigenvalue weighted by Crippen LogP contribution is -2.49. The molecule has 2 heterocycles. The fourth-order valence-corrected chi connectivity index (χ4v) is 3.37. The van der Waals surface area contributed by atoms with Crippen LogP contribution in [-0.4, -0.2) is 61.2 Å². The lowest BCUT2D eigenvalue weighted by molar-refractivity contribution is -0.131. The van der Waals surface area contributed by atoms with Gasteiger partial charge in [0.2, 0.25) is 5.91 Å². The Kier molecular flexibility index (Phi) is 7.48. The summed E-state index contributed by atoms with van der Waals surface area (Å²) in [7, 11) is 0. The first-order valence-corrected chi connectivity index (χ1v) is 10.3. The van der Waals surface area contributed by atoms with Gasteiger partial charge >= 0.3 is 6.03 Å². The molecule has 0 radical (unpaired) electrons. The van der Waals surface area contributed by atoms with E-state index in [1.165, 1.54) is 0 Å². The average molecular weight is 412 g/mol. The van der Waals surface area contributed by atoms with Crippen molar-refractivity contribution in [1.82, 2.24) is 15.2 Å². The van der Waals surface area contributed by atoms with Crippen molar-refractivity contribution < 1.29 is 14.3 Å². The van der Waals surface area contributed by atoms with E-state index >= 15 is 0 Å². The minimum atomic E-state index is -0.324. The van der Waals surface area contributed by atoms with Crippen molar-refractivity contribution in [3.8, 4) is 5.75 Å². The molecule has 160 valence electrons. The highest BCUT2D eigenvalue weighted by atomic mass is 16.5. The molecule has 3 amide bonds. The van der Waals surface area contributed by atoms with Gasteiger partial charge in [0.1, 0.15) is 11.6 Å². The Morgan fingerprint density at radius 2 is 1.93 bits per heavy atom. The normalized spacial score (nSPS) is 13.7. The second-order valence-electron chi connectivity index (χ2n) is 7.10. The van der Waals surface area contributed by atoms with Crippen LogP contribution in [-0.2, 0) is 4.79 Å². The highest BCUT2D eigenvalue weighted by Gasteiger charge is 2.21. The summed E-state index contributed by atoms with van der Waals surface area (Å²) in [6, 6.07) is 11.0. The number of urea groups is 1. The van der Waals surface area contributed by atoms with Crippen molar-refractivity contribution in [2.24, 2.45) is 0 Å². The van der Waals surface area contributed by atoms with Gasteiger partial charge in [0, 0.05) is 51.0 Å². The number of hydrogen-bond acceptors (Lipinski definition) is 5. The van der Waals surface area contributed by atoms with Crippen molar-refractivity contribution in [2.75, 3.05) is 49.5 Å². The maximum absolute atomic E-state index is 12.4. The molecule has 0 atom stereocenters. The molecule has 0 spiro atoms. The van der Waals surface area contributed by atoms with E-state index in [0.29, 0.717) is 31.9 Å². The number of benzene rings is 1. The van der Waals surface area contributed by atoms with E-state index in [9.17, 15) is 9.59 Å². The number of carbonyl (C=O) groups excluding carboxylic acids is 2. The first kappa shape index (κ1) is 21.4. The van der Waals surface area contributed by atoms with Crippen LogP contribution in [0.5, 0.6) is 5.75 Å². The zero-order chi connectivity index (χ0) is 21.3. The third-order valence-electron chi connectivity index (χ3n) is 4.99. The predicted molar refractivity (Wildman–Crippen MR) is 117 cm³/mol. The maximum Gasteiger partial charge on any atom is 0.319 e.